The fraction of sp³-hybridized carbons (Fsp3) is 0.121. The second kappa shape index (κ2) is 13.9. The van der Waals surface area contributed by atoms with Crippen molar-refractivity contribution in [2.75, 3.05) is 11.9 Å². The van der Waals surface area contributed by atoms with Gasteiger partial charge in [-0.2, -0.15) is 5.10 Å². The molecule has 0 bridgehead atoms. The molecule has 0 aliphatic rings. The van der Waals surface area contributed by atoms with E-state index in [-0.39, 0.29) is 36.0 Å². The van der Waals surface area contributed by atoms with E-state index in [0.717, 1.165) is 17.1 Å². The van der Waals surface area contributed by atoms with Crippen molar-refractivity contribution in [1.82, 2.24) is 9.99 Å². The monoisotopic (exact) mass is 607 g/mol. The number of nitro groups is 1. The standard InChI is InChI=1S/C33H29N5O7/c1-22-8-9-23(2)37(22)26-10-13-28(14-11-26)43-20-29-15-17-31(45-29)33(40)36-34-19-24-18-27(38(41)42)12-16-30(24)44-21-32(39)35-25-6-4-3-5-7-25/h3-19H,20-21H2,1-2H3,(H,35,39)(H,36,40)/b34-19+. The first-order valence-corrected chi connectivity index (χ1v) is 13.8. The first-order chi connectivity index (χ1) is 21.8. The van der Waals surface area contributed by atoms with Crippen LogP contribution in [-0.4, -0.2) is 34.1 Å². The summed E-state index contributed by atoms with van der Waals surface area (Å²) in [5.41, 5.74) is 6.18. The number of carbonyl (C=O) groups is 2. The quantitative estimate of drug-likeness (QED) is 0.101. The van der Waals surface area contributed by atoms with Crippen molar-refractivity contribution in [3.63, 3.8) is 0 Å². The van der Waals surface area contributed by atoms with Gasteiger partial charge in [-0.1, -0.05) is 18.2 Å². The first-order valence-electron chi connectivity index (χ1n) is 13.8. The van der Waals surface area contributed by atoms with Crippen molar-refractivity contribution >= 4 is 29.4 Å². The highest BCUT2D eigenvalue weighted by Gasteiger charge is 2.14. The van der Waals surface area contributed by atoms with Crippen molar-refractivity contribution in [3.05, 3.63) is 136 Å². The summed E-state index contributed by atoms with van der Waals surface area (Å²) in [6, 6.07) is 27.5. The van der Waals surface area contributed by atoms with Crippen LogP contribution in [0.15, 0.2) is 107 Å². The minimum atomic E-state index is -0.644. The van der Waals surface area contributed by atoms with Crippen molar-refractivity contribution in [1.29, 1.82) is 0 Å². The summed E-state index contributed by atoms with van der Waals surface area (Å²) in [6.45, 7) is 3.84. The van der Waals surface area contributed by atoms with Gasteiger partial charge in [0.05, 0.1) is 11.1 Å². The number of ether oxygens (including phenoxy) is 2. The van der Waals surface area contributed by atoms with E-state index in [9.17, 15) is 19.7 Å². The molecule has 0 unspecified atom stereocenters. The van der Waals surface area contributed by atoms with E-state index in [1.54, 1.807) is 30.3 Å². The molecule has 228 valence electrons. The van der Waals surface area contributed by atoms with Gasteiger partial charge in [0, 0.05) is 40.5 Å². The summed E-state index contributed by atoms with van der Waals surface area (Å²) < 4.78 is 19.1. The highest BCUT2D eigenvalue weighted by molar-refractivity contribution is 5.93. The minimum Gasteiger partial charge on any atom is -0.486 e. The maximum atomic E-state index is 12.6. The van der Waals surface area contributed by atoms with Crippen LogP contribution < -0.4 is 20.2 Å². The molecule has 2 heterocycles. The summed E-state index contributed by atoms with van der Waals surface area (Å²) >= 11 is 0. The van der Waals surface area contributed by atoms with E-state index < -0.39 is 16.7 Å². The average molecular weight is 608 g/mol. The lowest BCUT2D eigenvalue weighted by molar-refractivity contribution is -0.384. The van der Waals surface area contributed by atoms with E-state index in [2.05, 4.69) is 32.5 Å². The zero-order valence-electron chi connectivity index (χ0n) is 24.4. The van der Waals surface area contributed by atoms with Gasteiger partial charge in [0.2, 0.25) is 0 Å². The number of nitrogens with zero attached hydrogens (tertiary/aromatic N) is 3. The van der Waals surface area contributed by atoms with Crippen LogP contribution in [0.5, 0.6) is 11.5 Å². The Morgan fingerprint density at radius 1 is 0.933 bits per heavy atom. The van der Waals surface area contributed by atoms with E-state index in [1.165, 1.54) is 30.5 Å². The number of anilines is 1. The fourth-order valence-electron chi connectivity index (χ4n) is 4.46. The number of hydrazone groups is 1. The number of nitro benzene ring substituents is 1. The zero-order chi connectivity index (χ0) is 31.8. The number of nitrogens with one attached hydrogen (secondary N) is 2. The van der Waals surface area contributed by atoms with E-state index in [4.69, 9.17) is 13.9 Å². The molecule has 5 aromatic rings. The lowest BCUT2D eigenvalue weighted by atomic mass is 10.2. The first kappa shape index (κ1) is 30.3. The maximum absolute atomic E-state index is 12.6. The van der Waals surface area contributed by atoms with Crippen molar-refractivity contribution < 1.29 is 28.4 Å². The SMILES string of the molecule is Cc1ccc(C)n1-c1ccc(OCc2ccc(C(=O)N/N=C/c3cc([N+](=O)[O-])ccc3OCC(=O)Nc3ccccc3)o2)cc1. The molecule has 0 atom stereocenters. The third-order valence-corrected chi connectivity index (χ3v) is 6.62. The van der Waals surface area contributed by atoms with E-state index in [1.807, 2.05) is 44.2 Å². The molecule has 0 spiro atoms. The van der Waals surface area contributed by atoms with Crippen LogP contribution in [0.4, 0.5) is 11.4 Å². The molecule has 12 heteroatoms. The average Bonchev–Trinajstić information content (AvgIpc) is 3.66. The smallest absolute Gasteiger partial charge is 0.307 e. The van der Waals surface area contributed by atoms with Gasteiger partial charge in [0.25, 0.3) is 11.6 Å². The molecule has 2 amide bonds. The van der Waals surface area contributed by atoms with Gasteiger partial charge in [-0.05, 0) is 80.6 Å². The van der Waals surface area contributed by atoms with Gasteiger partial charge in [0.15, 0.2) is 12.4 Å². The van der Waals surface area contributed by atoms with Crippen LogP contribution >= 0.6 is 0 Å². The number of benzene rings is 3. The summed E-state index contributed by atoms with van der Waals surface area (Å²) in [7, 11) is 0. The largest absolute Gasteiger partial charge is 0.486 e. The molecule has 2 N–H and O–H groups in total. The number of aromatic nitrogens is 1. The number of aryl methyl sites for hydroxylation is 2. The molecule has 2 aromatic heterocycles. The number of amides is 2. The topological polar surface area (TPSA) is 150 Å². The Kier molecular flexibility index (Phi) is 9.34. The minimum absolute atomic E-state index is 0.00671. The number of carbonyl (C=O) groups excluding carboxylic acids is 2. The molecule has 0 radical (unpaired) electrons. The number of non-ortho nitro benzene ring substituents is 1. The van der Waals surface area contributed by atoms with E-state index in [0.29, 0.717) is 17.2 Å². The summed E-state index contributed by atoms with van der Waals surface area (Å²) in [6.07, 6.45) is 1.18. The summed E-state index contributed by atoms with van der Waals surface area (Å²) in [5, 5.41) is 17.9. The van der Waals surface area contributed by atoms with Gasteiger partial charge in [-0.25, -0.2) is 5.43 Å². The zero-order valence-corrected chi connectivity index (χ0v) is 24.4. The molecule has 5 rings (SSSR count). The van der Waals surface area contributed by atoms with Crippen molar-refractivity contribution in [2.45, 2.75) is 20.5 Å². The molecule has 0 fully saturated rings. The van der Waals surface area contributed by atoms with Crippen LogP contribution in [-0.2, 0) is 11.4 Å². The summed E-state index contributed by atoms with van der Waals surface area (Å²) in [4.78, 5) is 35.6. The Morgan fingerprint density at radius 2 is 1.67 bits per heavy atom. The molecule has 12 nitrogen and oxygen atoms in total. The Labute approximate surface area is 258 Å². The Morgan fingerprint density at radius 3 is 2.38 bits per heavy atom. The molecule has 0 saturated heterocycles. The molecule has 0 saturated carbocycles. The van der Waals surface area contributed by atoms with Crippen molar-refractivity contribution in [2.24, 2.45) is 5.10 Å². The number of rotatable bonds is 12. The number of hydrogen-bond donors (Lipinski definition) is 2. The second-order valence-corrected chi connectivity index (χ2v) is 9.88. The van der Waals surface area contributed by atoms with Crippen LogP contribution in [0, 0.1) is 24.0 Å². The van der Waals surface area contributed by atoms with Gasteiger partial charge in [-0.15, -0.1) is 0 Å². The second-order valence-electron chi connectivity index (χ2n) is 9.88. The summed E-state index contributed by atoms with van der Waals surface area (Å²) in [5.74, 6) is 0.148. The predicted molar refractivity (Wildman–Crippen MR) is 167 cm³/mol. The fourth-order valence-corrected chi connectivity index (χ4v) is 4.46. The van der Waals surface area contributed by atoms with Gasteiger partial charge < -0.3 is 23.8 Å². The van der Waals surface area contributed by atoms with Gasteiger partial charge in [-0.3, -0.25) is 19.7 Å². The molecule has 0 aliphatic heterocycles. The number of hydrogen-bond acceptors (Lipinski definition) is 8. The third-order valence-electron chi connectivity index (χ3n) is 6.62. The molecule has 0 aliphatic carbocycles. The highest BCUT2D eigenvalue weighted by Crippen LogP contribution is 2.24. The number of para-hydroxylation sites is 1. The maximum Gasteiger partial charge on any atom is 0.307 e. The van der Waals surface area contributed by atoms with Gasteiger partial charge >= 0.3 is 5.91 Å². The predicted octanol–water partition coefficient (Wildman–Crippen LogP) is 5.96. The Hall–Kier alpha value is -6.17. The van der Waals surface area contributed by atoms with Crippen LogP contribution in [0.3, 0.4) is 0 Å². The third kappa shape index (κ3) is 7.82. The Balaban J connectivity index is 1.16. The lowest BCUT2D eigenvalue weighted by Gasteiger charge is -2.10. The highest BCUT2D eigenvalue weighted by atomic mass is 16.6. The van der Waals surface area contributed by atoms with E-state index >= 15 is 0 Å². The molecule has 3 aromatic carbocycles. The molecular formula is C33H29N5O7. The van der Waals surface area contributed by atoms with Crippen LogP contribution in [0.25, 0.3) is 5.69 Å². The molecular weight excluding hydrogens is 578 g/mol. The number of furan rings is 1. The van der Waals surface area contributed by atoms with Crippen LogP contribution in [0.2, 0.25) is 0 Å². The Bertz CT molecular complexity index is 1820. The van der Waals surface area contributed by atoms with Crippen LogP contribution in [0.1, 0.15) is 33.3 Å². The lowest BCUT2D eigenvalue weighted by Crippen LogP contribution is -2.20. The van der Waals surface area contributed by atoms with Crippen molar-refractivity contribution in [3.8, 4) is 17.2 Å². The normalized spacial score (nSPS) is 10.9. The van der Waals surface area contributed by atoms with Gasteiger partial charge in [0.1, 0.15) is 23.9 Å². The molecule has 45 heavy (non-hydrogen) atoms.